The molecule has 0 radical (unpaired) electrons. The van der Waals surface area contributed by atoms with Crippen LogP contribution < -0.4 is 10.6 Å². The lowest BCUT2D eigenvalue weighted by Gasteiger charge is -2.16. The molecule has 4 nitrogen and oxygen atoms in total. The zero-order valence-electron chi connectivity index (χ0n) is 18.0. The molecule has 0 amide bonds. The van der Waals surface area contributed by atoms with Crippen LogP contribution in [0.15, 0.2) is 91.8 Å². The number of halogens is 1. The summed E-state index contributed by atoms with van der Waals surface area (Å²) in [4.78, 5) is 8.99. The molecule has 0 bridgehead atoms. The third-order valence-corrected chi connectivity index (χ3v) is 5.41. The minimum absolute atomic E-state index is 0.658. The van der Waals surface area contributed by atoms with E-state index in [9.17, 15) is 0 Å². The molecule has 4 rings (SSSR count). The van der Waals surface area contributed by atoms with Crippen molar-refractivity contribution in [2.24, 2.45) is 0 Å². The highest BCUT2D eigenvalue weighted by atomic mass is 35.5. The fourth-order valence-corrected chi connectivity index (χ4v) is 3.73. The highest BCUT2D eigenvalue weighted by Gasteiger charge is 2.12. The number of nitrogens with one attached hydrogen (secondary N) is 2. The Kier molecular flexibility index (Phi) is 6.83. The van der Waals surface area contributed by atoms with Crippen LogP contribution in [0, 0.1) is 0 Å². The first-order valence-electron chi connectivity index (χ1n) is 10.6. The molecule has 0 aliphatic carbocycles. The molecule has 0 saturated carbocycles. The summed E-state index contributed by atoms with van der Waals surface area (Å²) in [5.41, 5.74) is 6.56. The Bertz CT molecular complexity index is 1220. The Morgan fingerprint density at radius 3 is 2.47 bits per heavy atom. The largest absolute Gasteiger partial charge is 0.385 e. The maximum absolute atomic E-state index is 6.48. The van der Waals surface area contributed by atoms with Crippen LogP contribution in [0.2, 0.25) is 5.02 Å². The molecule has 0 spiro atoms. The first kappa shape index (κ1) is 21.6. The van der Waals surface area contributed by atoms with Gasteiger partial charge in [0.1, 0.15) is 5.82 Å². The lowest BCUT2D eigenvalue weighted by atomic mass is 10.0. The number of anilines is 2. The van der Waals surface area contributed by atoms with E-state index in [1.165, 1.54) is 0 Å². The average Bonchev–Trinajstić information content (AvgIpc) is 2.83. The molecule has 0 aliphatic heterocycles. The second-order valence-electron chi connectivity index (χ2n) is 7.42. The third-order valence-electron chi connectivity index (χ3n) is 5.09. The predicted octanol–water partition coefficient (Wildman–Crippen LogP) is 7.37. The zero-order valence-corrected chi connectivity index (χ0v) is 18.7. The summed E-state index contributed by atoms with van der Waals surface area (Å²) in [5.74, 6) is 0.699. The highest BCUT2D eigenvalue weighted by Crippen LogP contribution is 2.32. The SMILES string of the molecule is C=C(Nc1cc(-c2ccncc2)cc(-c2ccccc2Cl)n1)c1ccccc1NCCC. The van der Waals surface area contributed by atoms with Gasteiger partial charge in [-0.05, 0) is 53.9 Å². The van der Waals surface area contributed by atoms with Crippen molar-refractivity contribution in [3.8, 4) is 22.4 Å². The standard InChI is InChI=1S/C27H25ClN4/c1-3-14-30-25-11-7-5-8-22(25)19(2)31-27-18-21(20-12-15-29-16-13-20)17-26(32-27)23-9-4-6-10-24(23)28/h4-13,15-18,30H,2-3,14H2,1H3,(H,31,32). The monoisotopic (exact) mass is 440 g/mol. The first-order chi connectivity index (χ1) is 15.7. The summed E-state index contributed by atoms with van der Waals surface area (Å²) in [6, 6.07) is 23.9. The third kappa shape index (κ3) is 4.98. The predicted molar refractivity (Wildman–Crippen MR) is 136 cm³/mol. The molecule has 160 valence electrons. The summed E-state index contributed by atoms with van der Waals surface area (Å²) in [6.45, 7) is 7.33. The number of benzene rings is 2. The first-order valence-corrected chi connectivity index (χ1v) is 11.0. The Balaban J connectivity index is 1.73. The maximum atomic E-state index is 6.48. The summed E-state index contributed by atoms with van der Waals surface area (Å²) in [5, 5.41) is 7.53. The van der Waals surface area contributed by atoms with E-state index >= 15 is 0 Å². The van der Waals surface area contributed by atoms with Gasteiger partial charge in [0.25, 0.3) is 0 Å². The van der Waals surface area contributed by atoms with E-state index in [1.54, 1.807) is 12.4 Å². The molecular weight excluding hydrogens is 416 g/mol. The van der Waals surface area contributed by atoms with E-state index in [-0.39, 0.29) is 0 Å². The number of nitrogens with zero attached hydrogens (tertiary/aromatic N) is 2. The summed E-state index contributed by atoms with van der Waals surface area (Å²) in [7, 11) is 0. The van der Waals surface area contributed by atoms with Gasteiger partial charge in [-0.3, -0.25) is 4.98 Å². The number of rotatable bonds is 8. The average molecular weight is 441 g/mol. The Hall–Kier alpha value is -3.63. The van der Waals surface area contributed by atoms with E-state index in [4.69, 9.17) is 16.6 Å². The van der Waals surface area contributed by atoms with E-state index in [1.807, 2.05) is 60.7 Å². The fourth-order valence-electron chi connectivity index (χ4n) is 3.49. The van der Waals surface area contributed by atoms with Crippen molar-refractivity contribution in [3.63, 3.8) is 0 Å². The molecule has 2 aromatic carbocycles. The van der Waals surface area contributed by atoms with Gasteiger partial charge < -0.3 is 10.6 Å². The lowest BCUT2D eigenvalue weighted by molar-refractivity contribution is 0.979. The zero-order chi connectivity index (χ0) is 22.3. The molecule has 5 heteroatoms. The summed E-state index contributed by atoms with van der Waals surface area (Å²) < 4.78 is 0. The molecule has 0 unspecified atom stereocenters. The minimum atomic E-state index is 0.658. The van der Waals surface area contributed by atoms with Crippen LogP contribution in [0.25, 0.3) is 28.1 Å². The van der Waals surface area contributed by atoms with Crippen molar-refractivity contribution in [3.05, 3.63) is 102 Å². The molecule has 0 atom stereocenters. The van der Waals surface area contributed by atoms with E-state index < -0.39 is 0 Å². The van der Waals surface area contributed by atoms with Crippen LogP contribution >= 0.6 is 11.6 Å². The van der Waals surface area contributed by atoms with Crippen molar-refractivity contribution in [2.45, 2.75) is 13.3 Å². The number of hydrogen-bond acceptors (Lipinski definition) is 4. The van der Waals surface area contributed by atoms with Crippen LogP contribution in [-0.4, -0.2) is 16.5 Å². The van der Waals surface area contributed by atoms with Crippen LogP contribution in [0.5, 0.6) is 0 Å². The molecule has 0 saturated heterocycles. The Morgan fingerprint density at radius 1 is 0.938 bits per heavy atom. The van der Waals surface area contributed by atoms with Crippen LogP contribution in [0.1, 0.15) is 18.9 Å². The smallest absolute Gasteiger partial charge is 0.131 e. The van der Waals surface area contributed by atoms with Crippen molar-refractivity contribution in [1.29, 1.82) is 0 Å². The van der Waals surface area contributed by atoms with E-state index in [0.29, 0.717) is 10.8 Å². The number of pyridine rings is 2. The van der Waals surface area contributed by atoms with Crippen LogP contribution in [0.4, 0.5) is 11.5 Å². The van der Waals surface area contributed by atoms with Gasteiger partial charge in [0.2, 0.25) is 0 Å². The van der Waals surface area contributed by atoms with Crippen molar-refractivity contribution < 1.29 is 0 Å². The molecule has 0 aliphatic rings. The topological polar surface area (TPSA) is 49.8 Å². The van der Waals surface area contributed by atoms with Gasteiger partial charge in [-0.15, -0.1) is 0 Å². The number of para-hydroxylation sites is 1. The van der Waals surface area contributed by atoms with Gasteiger partial charge in [0.05, 0.1) is 5.69 Å². The molecule has 32 heavy (non-hydrogen) atoms. The number of aromatic nitrogens is 2. The van der Waals surface area contributed by atoms with Gasteiger partial charge in [0.15, 0.2) is 0 Å². The molecule has 4 aromatic rings. The Morgan fingerprint density at radius 2 is 1.69 bits per heavy atom. The second kappa shape index (κ2) is 10.1. The van der Waals surface area contributed by atoms with E-state index in [2.05, 4.69) is 41.3 Å². The van der Waals surface area contributed by atoms with E-state index in [0.717, 1.165) is 52.3 Å². The normalized spacial score (nSPS) is 10.6. The Labute approximate surface area is 194 Å². The van der Waals surface area contributed by atoms with Gasteiger partial charge in [-0.2, -0.15) is 0 Å². The quantitative estimate of drug-likeness (QED) is 0.300. The van der Waals surface area contributed by atoms with Crippen molar-refractivity contribution in [1.82, 2.24) is 9.97 Å². The maximum Gasteiger partial charge on any atom is 0.131 e. The van der Waals surface area contributed by atoms with Gasteiger partial charge in [-0.1, -0.05) is 61.5 Å². The molecule has 2 aromatic heterocycles. The van der Waals surface area contributed by atoms with Crippen molar-refractivity contribution >= 4 is 28.8 Å². The molecule has 2 heterocycles. The van der Waals surface area contributed by atoms with Crippen LogP contribution in [0.3, 0.4) is 0 Å². The van der Waals surface area contributed by atoms with Gasteiger partial charge >= 0.3 is 0 Å². The minimum Gasteiger partial charge on any atom is -0.385 e. The highest BCUT2D eigenvalue weighted by molar-refractivity contribution is 6.33. The molecular formula is C27H25ClN4. The molecule has 2 N–H and O–H groups in total. The van der Waals surface area contributed by atoms with Gasteiger partial charge in [0, 0.05) is 46.5 Å². The van der Waals surface area contributed by atoms with Crippen molar-refractivity contribution in [2.75, 3.05) is 17.2 Å². The van der Waals surface area contributed by atoms with Gasteiger partial charge in [-0.25, -0.2) is 4.98 Å². The second-order valence-corrected chi connectivity index (χ2v) is 7.83. The molecule has 0 fully saturated rings. The fraction of sp³-hybridized carbons (Fsp3) is 0.111. The van der Waals surface area contributed by atoms with Crippen LogP contribution in [-0.2, 0) is 0 Å². The lowest BCUT2D eigenvalue weighted by Crippen LogP contribution is -2.06. The summed E-state index contributed by atoms with van der Waals surface area (Å²) in [6.07, 6.45) is 4.62. The number of hydrogen-bond donors (Lipinski definition) is 2. The summed E-state index contributed by atoms with van der Waals surface area (Å²) >= 11 is 6.48.